The molecule has 2 unspecified atom stereocenters. The van der Waals surface area contributed by atoms with E-state index in [1.54, 1.807) is 25.1 Å². The molecule has 1 heterocycles. The van der Waals surface area contributed by atoms with E-state index in [-0.39, 0.29) is 19.1 Å². The summed E-state index contributed by atoms with van der Waals surface area (Å²) in [6.07, 6.45) is -1.70. The highest BCUT2D eigenvalue weighted by molar-refractivity contribution is 6.30. The minimum atomic E-state index is -1.07. The number of ether oxygens (including phenoxy) is 2. The van der Waals surface area contributed by atoms with Gasteiger partial charge in [-0.3, -0.25) is 4.79 Å². The van der Waals surface area contributed by atoms with Crippen LogP contribution in [0.4, 0.5) is 0 Å². The van der Waals surface area contributed by atoms with Gasteiger partial charge in [-0.15, -0.1) is 0 Å². The van der Waals surface area contributed by atoms with Gasteiger partial charge in [0.2, 0.25) is 0 Å². The molecule has 0 radical (unpaired) electrons. The average Bonchev–Trinajstić information content (AvgIpc) is 2.49. The normalized spacial score (nSPS) is 19.6. The first kappa shape index (κ1) is 16.6. The summed E-state index contributed by atoms with van der Waals surface area (Å²) in [5.41, 5.74) is 0.831. The second-order valence-corrected chi connectivity index (χ2v) is 5.59. The number of amides is 1. The van der Waals surface area contributed by atoms with Crippen LogP contribution in [-0.4, -0.2) is 53.8 Å². The van der Waals surface area contributed by atoms with Crippen LogP contribution >= 0.6 is 11.6 Å². The molecule has 1 saturated heterocycles. The van der Waals surface area contributed by atoms with E-state index >= 15 is 0 Å². The molecule has 22 heavy (non-hydrogen) atoms. The number of carboxylic acids is 1. The highest BCUT2D eigenvalue weighted by atomic mass is 35.5. The van der Waals surface area contributed by atoms with E-state index < -0.39 is 18.2 Å². The summed E-state index contributed by atoms with van der Waals surface area (Å²) in [6.45, 7) is 4.07. The standard InChI is InChI=1S/C15H18ClNO5/c1-9-7-11(16)3-4-12(9)22-10(2)14(18)17-5-6-21-13(8-17)15(19)20/h3-4,7,10,13H,5-6,8H2,1-2H3,(H,19,20). The van der Waals surface area contributed by atoms with Gasteiger partial charge in [0.1, 0.15) is 5.75 Å². The SMILES string of the molecule is Cc1cc(Cl)ccc1OC(C)C(=O)N1CCOC(C(=O)O)C1. The number of carbonyl (C=O) groups is 2. The van der Waals surface area contributed by atoms with Crippen molar-refractivity contribution in [3.8, 4) is 5.75 Å². The minimum absolute atomic E-state index is 0.0292. The Balaban J connectivity index is 2.01. The van der Waals surface area contributed by atoms with Crippen LogP contribution in [0.15, 0.2) is 18.2 Å². The second-order valence-electron chi connectivity index (χ2n) is 5.15. The molecular formula is C15H18ClNO5. The fraction of sp³-hybridized carbons (Fsp3) is 0.467. The molecule has 0 spiro atoms. The second kappa shape index (κ2) is 6.98. The Morgan fingerprint density at radius 2 is 2.23 bits per heavy atom. The Hall–Kier alpha value is -1.79. The van der Waals surface area contributed by atoms with Crippen LogP contribution in [0.25, 0.3) is 0 Å². The molecule has 1 aliphatic heterocycles. The Labute approximate surface area is 133 Å². The molecule has 0 saturated carbocycles. The van der Waals surface area contributed by atoms with Crippen LogP contribution in [0.5, 0.6) is 5.75 Å². The molecule has 1 amide bonds. The third-order valence-electron chi connectivity index (χ3n) is 3.44. The van der Waals surface area contributed by atoms with E-state index in [1.165, 1.54) is 4.90 Å². The van der Waals surface area contributed by atoms with Gasteiger partial charge < -0.3 is 19.5 Å². The first-order valence-corrected chi connectivity index (χ1v) is 7.32. The number of morpholine rings is 1. The summed E-state index contributed by atoms with van der Waals surface area (Å²) in [5, 5.41) is 9.57. The number of hydrogen-bond acceptors (Lipinski definition) is 4. The third-order valence-corrected chi connectivity index (χ3v) is 3.68. The first-order chi connectivity index (χ1) is 10.4. The zero-order chi connectivity index (χ0) is 16.3. The van der Waals surface area contributed by atoms with Crippen molar-refractivity contribution < 1.29 is 24.2 Å². The van der Waals surface area contributed by atoms with Gasteiger partial charge in [-0.1, -0.05) is 11.6 Å². The van der Waals surface area contributed by atoms with E-state index in [0.717, 1.165) is 5.56 Å². The third kappa shape index (κ3) is 3.90. The summed E-state index contributed by atoms with van der Waals surface area (Å²) in [5.74, 6) is -0.753. The zero-order valence-electron chi connectivity index (χ0n) is 12.4. The Bertz CT molecular complexity index is 577. The predicted octanol–water partition coefficient (Wildman–Crippen LogP) is 1.73. The topological polar surface area (TPSA) is 76.1 Å². The van der Waals surface area contributed by atoms with Crippen molar-refractivity contribution in [2.45, 2.75) is 26.1 Å². The highest BCUT2D eigenvalue weighted by Crippen LogP contribution is 2.23. The van der Waals surface area contributed by atoms with Crippen LogP contribution in [0.2, 0.25) is 5.02 Å². The lowest BCUT2D eigenvalue weighted by atomic mass is 10.2. The van der Waals surface area contributed by atoms with Crippen LogP contribution in [0.1, 0.15) is 12.5 Å². The van der Waals surface area contributed by atoms with E-state index in [4.69, 9.17) is 26.2 Å². The molecule has 1 fully saturated rings. The van der Waals surface area contributed by atoms with Crippen LogP contribution in [-0.2, 0) is 14.3 Å². The van der Waals surface area contributed by atoms with Crippen molar-refractivity contribution in [1.29, 1.82) is 0 Å². The number of halogens is 1. The number of carbonyl (C=O) groups excluding carboxylic acids is 1. The van der Waals surface area contributed by atoms with Gasteiger partial charge in [0, 0.05) is 11.6 Å². The van der Waals surface area contributed by atoms with E-state index in [9.17, 15) is 9.59 Å². The number of benzene rings is 1. The number of nitrogens with zero attached hydrogens (tertiary/aromatic N) is 1. The molecule has 6 nitrogen and oxygen atoms in total. The lowest BCUT2D eigenvalue weighted by Crippen LogP contribution is -2.51. The van der Waals surface area contributed by atoms with E-state index in [2.05, 4.69) is 0 Å². The van der Waals surface area contributed by atoms with Crippen LogP contribution in [0, 0.1) is 6.92 Å². The monoisotopic (exact) mass is 327 g/mol. The van der Waals surface area contributed by atoms with Crippen molar-refractivity contribution in [2.24, 2.45) is 0 Å². The molecule has 1 aliphatic rings. The van der Waals surface area contributed by atoms with Crippen molar-refractivity contribution in [3.63, 3.8) is 0 Å². The van der Waals surface area contributed by atoms with Crippen LogP contribution in [0.3, 0.4) is 0 Å². The van der Waals surface area contributed by atoms with Crippen LogP contribution < -0.4 is 4.74 Å². The molecule has 1 aromatic rings. The molecule has 2 atom stereocenters. The van der Waals surface area contributed by atoms with Gasteiger partial charge in [-0.2, -0.15) is 0 Å². The molecule has 1 aromatic carbocycles. The van der Waals surface area contributed by atoms with Gasteiger partial charge in [-0.05, 0) is 37.6 Å². The number of aliphatic carboxylic acids is 1. The maximum Gasteiger partial charge on any atom is 0.334 e. The summed E-state index contributed by atoms with van der Waals surface area (Å²) < 4.78 is 10.8. The minimum Gasteiger partial charge on any atom is -0.481 e. The van der Waals surface area contributed by atoms with Gasteiger partial charge in [0.15, 0.2) is 12.2 Å². The van der Waals surface area contributed by atoms with Gasteiger partial charge in [-0.25, -0.2) is 4.79 Å². The van der Waals surface area contributed by atoms with Crippen molar-refractivity contribution in [3.05, 3.63) is 28.8 Å². The largest absolute Gasteiger partial charge is 0.481 e. The number of rotatable bonds is 4. The highest BCUT2D eigenvalue weighted by Gasteiger charge is 2.31. The summed E-state index contributed by atoms with van der Waals surface area (Å²) >= 11 is 5.88. The maximum atomic E-state index is 12.4. The fourth-order valence-electron chi connectivity index (χ4n) is 2.24. The Morgan fingerprint density at radius 3 is 2.86 bits per heavy atom. The molecule has 7 heteroatoms. The number of carboxylic acid groups (broad SMARTS) is 1. The molecule has 120 valence electrons. The van der Waals surface area contributed by atoms with Crippen molar-refractivity contribution >= 4 is 23.5 Å². The van der Waals surface area contributed by atoms with Crippen molar-refractivity contribution in [1.82, 2.24) is 4.90 Å². The smallest absolute Gasteiger partial charge is 0.334 e. The summed E-state index contributed by atoms with van der Waals surface area (Å²) in [6, 6.07) is 5.15. The van der Waals surface area contributed by atoms with Crippen molar-refractivity contribution in [2.75, 3.05) is 19.7 Å². The van der Waals surface area contributed by atoms with Gasteiger partial charge in [0.05, 0.1) is 13.2 Å². The number of aryl methyl sites for hydroxylation is 1. The molecular weight excluding hydrogens is 310 g/mol. The van der Waals surface area contributed by atoms with Gasteiger partial charge in [0.25, 0.3) is 5.91 Å². The zero-order valence-corrected chi connectivity index (χ0v) is 13.2. The lowest BCUT2D eigenvalue weighted by Gasteiger charge is -2.32. The Morgan fingerprint density at radius 1 is 1.50 bits per heavy atom. The first-order valence-electron chi connectivity index (χ1n) is 6.94. The average molecular weight is 328 g/mol. The molecule has 2 rings (SSSR count). The summed E-state index contributed by atoms with van der Waals surface area (Å²) in [7, 11) is 0. The Kier molecular flexibility index (Phi) is 5.26. The molecule has 0 aliphatic carbocycles. The quantitative estimate of drug-likeness (QED) is 0.911. The predicted molar refractivity (Wildman–Crippen MR) is 80.2 cm³/mol. The summed E-state index contributed by atoms with van der Waals surface area (Å²) in [4.78, 5) is 24.8. The number of hydrogen-bond donors (Lipinski definition) is 1. The lowest BCUT2D eigenvalue weighted by molar-refractivity contribution is -0.161. The molecule has 1 N–H and O–H groups in total. The maximum absolute atomic E-state index is 12.4. The fourth-order valence-corrected chi connectivity index (χ4v) is 2.47. The van der Waals surface area contributed by atoms with Gasteiger partial charge >= 0.3 is 5.97 Å². The molecule has 0 aromatic heterocycles. The van der Waals surface area contributed by atoms with E-state index in [1.807, 2.05) is 6.92 Å². The molecule has 0 bridgehead atoms. The van der Waals surface area contributed by atoms with E-state index in [0.29, 0.717) is 17.3 Å².